The summed E-state index contributed by atoms with van der Waals surface area (Å²) in [6.07, 6.45) is 6.11. The van der Waals surface area contributed by atoms with Crippen LogP contribution in [0.15, 0.2) is 10.7 Å². The molecule has 19 heavy (non-hydrogen) atoms. The Hall–Kier alpha value is -1.36. The molecule has 0 unspecified atom stereocenters. The molecule has 5 nitrogen and oxygen atoms in total. The second-order valence-corrected chi connectivity index (χ2v) is 5.83. The van der Waals surface area contributed by atoms with Gasteiger partial charge in [-0.05, 0) is 44.7 Å². The van der Waals surface area contributed by atoms with Gasteiger partial charge in [0.2, 0.25) is 5.89 Å². The number of carbonyl (C=O) groups is 1. The number of rotatable bonds is 4. The molecular formula is C14H21N3O2. The van der Waals surface area contributed by atoms with Gasteiger partial charge in [-0.3, -0.25) is 9.69 Å². The first-order chi connectivity index (χ1) is 9.20. The van der Waals surface area contributed by atoms with Crippen molar-refractivity contribution in [1.82, 2.24) is 15.2 Å². The van der Waals surface area contributed by atoms with E-state index in [1.165, 1.54) is 19.1 Å². The lowest BCUT2D eigenvalue weighted by atomic mass is 9.99. The van der Waals surface area contributed by atoms with Crippen LogP contribution in [0.3, 0.4) is 0 Å². The van der Waals surface area contributed by atoms with E-state index in [4.69, 9.17) is 4.42 Å². The van der Waals surface area contributed by atoms with E-state index in [9.17, 15) is 4.79 Å². The van der Waals surface area contributed by atoms with E-state index in [1.54, 1.807) is 0 Å². The topological polar surface area (TPSA) is 58.4 Å². The summed E-state index contributed by atoms with van der Waals surface area (Å²) < 4.78 is 5.40. The highest BCUT2D eigenvalue weighted by Gasteiger charge is 2.25. The van der Waals surface area contributed by atoms with E-state index in [2.05, 4.69) is 22.1 Å². The lowest BCUT2D eigenvalue weighted by Gasteiger charge is -2.28. The van der Waals surface area contributed by atoms with Gasteiger partial charge in [-0.1, -0.05) is 6.92 Å². The van der Waals surface area contributed by atoms with Crippen LogP contribution in [0.5, 0.6) is 0 Å². The summed E-state index contributed by atoms with van der Waals surface area (Å²) in [6, 6.07) is 0.358. The maximum Gasteiger partial charge on any atom is 0.273 e. The number of likely N-dealkylation sites (tertiary alicyclic amines) is 1. The van der Waals surface area contributed by atoms with Crippen LogP contribution in [0, 0.1) is 5.92 Å². The highest BCUT2D eigenvalue weighted by molar-refractivity contribution is 5.92. The van der Waals surface area contributed by atoms with E-state index in [0.717, 1.165) is 31.8 Å². The Morgan fingerprint density at radius 3 is 2.84 bits per heavy atom. The Morgan fingerprint density at radius 2 is 2.16 bits per heavy atom. The van der Waals surface area contributed by atoms with Crippen LogP contribution in [0.2, 0.25) is 0 Å². The average molecular weight is 263 g/mol. The van der Waals surface area contributed by atoms with Crippen LogP contribution >= 0.6 is 0 Å². The van der Waals surface area contributed by atoms with Crippen molar-refractivity contribution in [2.24, 2.45) is 5.92 Å². The highest BCUT2D eigenvalue weighted by Crippen LogP contribution is 2.20. The molecule has 1 saturated carbocycles. The van der Waals surface area contributed by atoms with Crippen LogP contribution in [0.1, 0.15) is 49.0 Å². The average Bonchev–Trinajstić information content (AvgIpc) is 3.08. The van der Waals surface area contributed by atoms with Gasteiger partial charge in [0.1, 0.15) is 6.26 Å². The fraction of sp³-hybridized carbons (Fsp3) is 0.714. The lowest BCUT2D eigenvalue weighted by molar-refractivity contribution is 0.0946. The number of amides is 1. The Balaban J connectivity index is 1.53. The first-order valence-electron chi connectivity index (χ1n) is 7.18. The summed E-state index contributed by atoms with van der Waals surface area (Å²) in [5.74, 6) is 1.36. The minimum absolute atomic E-state index is 0.107. The molecule has 1 aliphatic carbocycles. The van der Waals surface area contributed by atoms with Crippen LogP contribution in [-0.2, 0) is 6.54 Å². The minimum Gasteiger partial charge on any atom is -0.447 e. The van der Waals surface area contributed by atoms with E-state index in [-0.39, 0.29) is 5.91 Å². The molecule has 0 atom stereocenters. The third kappa shape index (κ3) is 3.35. The minimum atomic E-state index is -0.107. The summed E-state index contributed by atoms with van der Waals surface area (Å²) >= 11 is 0. The van der Waals surface area contributed by atoms with E-state index in [0.29, 0.717) is 24.2 Å². The summed E-state index contributed by atoms with van der Waals surface area (Å²) in [5, 5.41) is 2.92. The Kier molecular flexibility index (Phi) is 3.55. The molecule has 0 aromatic carbocycles. The lowest BCUT2D eigenvalue weighted by Crippen LogP contribution is -2.32. The predicted octanol–water partition coefficient (Wildman–Crippen LogP) is 1.80. The first kappa shape index (κ1) is 12.7. The number of nitrogens with one attached hydrogen (secondary N) is 1. The molecule has 0 bridgehead atoms. The standard InChI is InChI=1S/C14H21N3O2/c1-10-4-6-17(7-5-10)8-13-16-12(9-19-13)14(18)15-11-2-3-11/h9-11H,2-8H2,1H3,(H,15,18). The molecule has 1 aliphatic heterocycles. The van der Waals surface area contributed by atoms with E-state index >= 15 is 0 Å². The summed E-state index contributed by atoms with van der Waals surface area (Å²) in [5.41, 5.74) is 0.410. The van der Waals surface area contributed by atoms with Gasteiger partial charge < -0.3 is 9.73 Å². The van der Waals surface area contributed by atoms with E-state index < -0.39 is 0 Å². The maximum atomic E-state index is 11.8. The van der Waals surface area contributed by atoms with Crippen molar-refractivity contribution >= 4 is 5.91 Å². The van der Waals surface area contributed by atoms with Crippen molar-refractivity contribution in [2.45, 2.75) is 45.2 Å². The van der Waals surface area contributed by atoms with Crippen molar-refractivity contribution in [1.29, 1.82) is 0 Å². The largest absolute Gasteiger partial charge is 0.447 e. The third-order valence-corrected chi connectivity index (χ3v) is 3.93. The molecule has 5 heteroatoms. The van der Waals surface area contributed by atoms with Crippen LogP contribution in [-0.4, -0.2) is 34.9 Å². The van der Waals surface area contributed by atoms with Crippen molar-refractivity contribution < 1.29 is 9.21 Å². The molecule has 2 aliphatic rings. The first-order valence-corrected chi connectivity index (χ1v) is 7.18. The monoisotopic (exact) mass is 263 g/mol. The quantitative estimate of drug-likeness (QED) is 0.900. The summed E-state index contributed by atoms with van der Waals surface area (Å²) in [6.45, 7) is 5.19. The molecule has 2 fully saturated rings. The summed E-state index contributed by atoms with van der Waals surface area (Å²) in [4.78, 5) is 18.4. The van der Waals surface area contributed by atoms with Crippen LogP contribution < -0.4 is 5.32 Å². The maximum absolute atomic E-state index is 11.8. The zero-order chi connectivity index (χ0) is 13.2. The highest BCUT2D eigenvalue weighted by atomic mass is 16.3. The number of nitrogens with zero attached hydrogens (tertiary/aromatic N) is 2. The zero-order valence-corrected chi connectivity index (χ0v) is 11.4. The molecule has 3 rings (SSSR count). The second kappa shape index (κ2) is 5.33. The van der Waals surface area contributed by atoms with Crippen LogP contribution in [0.25, 0.3) is 0 Å². The number of hydrogen-bond acceptors (Lipinski definition) is 4. The molecule has 1 N–H and O–H groups in total. The van der Waals surface area contributed by atoms with Gasteiger partial charge in [0, 0.05) is 6.04 Å². The van der Waals surface area contributed by atoms with Gasteiger partial charge in [-0.15, -0.1) is 0 Å². The van der Waals surface area contributed by atoms with Gasteiger partial charge in [0.05, 0.1) is 6.54 Å². The smallest absolute Gasteiger partial charge is 0.273 e. The normalized spacial score (nSPS) is 21.5. The fourth-order valence-corrected chi connectivity index (χ4v) is 2.39. The summed E-state index contributed by atoms with van der Waals surface area (Å²) in [7, 11) is 0. The number of piperidine rings is 1. The van der Waals surface area contributed by atoms with Gasteiger partial charge in [-0.25, -0.2) is 4.98 Å². The molecule has 0 spiro atoms. The van der Waals surface area contributed by atoms with Crippen molar-refractivity contribution in [3.05, 3.63) is 17.8 Å². The molecule has 0 radical (unpaired) electrons. The van der Waals surface area contributed by atoms with Crippen molar-refractivity contribution in [3.8, 4) is 0 Å². The SMILES string of the molecule is CC1CCN(Cc2nc(C(=O)NC3CC3)co2)CC1. The molecule has 1 amide bonds. The van der Waals surface area contributed by atoms with Gasteiger partial charge in [-0.2, -0.15) is 0 Å². The molecule has 1 aromatic rings. The Morgan fingerprint density at radius 1 is 1.42 bits per heavy atom. The number of aromatic nitrogens is 1. The van der Waals surface area contributed by atoms with Gasteiger partial charge in [0.25, 0.3) is 5.91 Å². The molecule has 2 heterocycles. The molecule has 104 valence electrons. The second-order valence-electron chi connectivity index (χ2n) is 5.83. The molecule has 1 aromatic heterocycles. The zero-order valence-electron chi connectivity index (χ0n) is 11.4. The van der Waals surface area contributed by atoms with Gasteiger partial charge in [0.15, 0.2) is 5.69 Å². The fourth-order valence-electron chi connectivity index (χ4n) is 2.39. The Labute approximate surface area is 113 Å². The van der Waals surface area contributed by atoms with Crippen molar-refractivity contribution in [3.63, 3.8) is 0 Å². The number of oxazole rings is 1. The molecular weight excluding hydrogens is 242 g/mol. The predicted molar refractivity (Wildman–Crippen MR) is 70.7 cm³/mol. The third-order valence-electron chi connectivity index (χ3n) is 3.93. The number of carbonyl (C=O) groups excluding carboxylic acids is 1. The van der Waals surface area contributed by atoms with Gasteiger partial charge >= 0.3 is 0 Å². The Bertz CT molecular complexity index is 445. The van der Waals surface area contributed by atoms with Crippen molar-refractivity contribution in [2.75, 3.05) is 13.1 Å². The van der Waals surface area contributed by atoms with E-state index in [1.807, 2.05) is 0 Å². The van der Waals surface area contributed by atoms with Crippen LogP contribution in [0.4, 0.5) is 0 Å². The number of hydrogen-bond donors (Lipinski definition) is 1. The molecule has 1 saturated heterocycles.